The molecule has 21 heavy (non-hydrogen) atoms. The molecule has 2 rings (SSSR count). The van der Waals surface area contributed by atoms with Gasteiger partial charge in [-0.1, -0.05) is 0 Å². The lowest BCUT2D eigenvalue weighted by molar-refractivity contribution is -0.148. The van der Waals surface area contributed by atoms with Gasteiger partial charge in [0.2, 0.25) is 0 Å². The highest BCUT2D eigenvalue weighted by molar-refractivity contribution is 9.11. The molecule has 9 heteroatoms. The number of thiophene rings is 1. The van der Waals surface area contributed by atoms with Gasteiger partial charge in [-0.15, -0.1) is 22.7 Å². The number of nitrogens with one attached hydrogen (secondary N) is 1. The molecular weight excluding hydrogens is 380 g/mol. The Morgan fingerprint density at radius 3 is 2.86 bits per heavy atom. The summed E-state index contributed by atoms with van der Waals surface area (Å²) in [6, 6.07) is 3.83. The Balaban J connectivity index is 2.01. The Bertz CT molecular complexity index is 655. The molecule has 0 spiro atoms. The molecule has 0 bridgehead atoms. The fourth-order valence-electron chi connectivity index (χ4n) is 1.47. The molecule has 1 unspecified atom stereocenters. The monoisotopic (exact) mass is 390 g/mol. The Morgan fingerprint density at radius 2 is 2.29 bits per heavy atom. The summed E-state index contributed by atoms with van der Waals surface area (Å²) in [6.45, 7) is -0.109. The van der Waals surface area contributed by atoms with Crippen LogP contribution >= 0.6 is 38.6 Å². The van der Waals surface area contributed by atoms with Gasteiger partial charge in [0, 0.05) is 12.5 Å². The molecule has 0 radical (unpaired) electrons. The number of carbonyl (C=O) groups is 2. The summed E-state index contributed by atoms with van der Waals surface area (Å²) in [7, 11) is 1.28. The van der Waals surface area contributed by atoms with Crippen molar-refractivity contribution >= 4 is 50.5 Å². The van der Waals surface area contributed by atoms with Crippen LogP contribution in [0.2, 0.25) is 0 Å². The molecule has 0 aliphatic rings. The Hall–Kier alpha value is -1.29. The number of aromatic nitrogens is 1. The van der Waals surface area contributed by atoms with Crippen molar-refractivity contribution in [1.29, 1.82) is 0 Å². The van der Waals surface area contributed by atoms with Crippen LogP contribution in [0.5, 0.6) is 0 Å². The van der Waals surface area contributed by atoms with E-state index in [1.807, 2.05) is 12.1 Å². The molecule has 2 aromatic heterocycles. The first-order valence-electron chi connectivity index (χ1n) is 5.76. The van der Waals surface area contributed by atoms with E-state index in [1.165, 1.54) is 29.8 Å². The second kappa shape index (κ2) is 7.12. The highest BCUT2D eigenvalue weighted by atomic mass is 79.9. The third-order valence-corrected chi connectivity index (χ3v) is 5.16. The minimum absolute atomic E-state index is 0.109. The van der Waals surface area contributed by atoms with Crippen LogP contribution in [0.25, 0.3) is 9.88 Å². The van der Waals surface area contributed by atoms with Crippen molar-refractivity contribution in [2.24, 2.45) is 0 Å². The molecule has 0 saturated carbocycles. The second-order valence-electron chi connectivity index (χ2n) is 3.91. The Labute approximate surface area is 136 Å². The highest BCUT2D eigenvalue weighted by Crippen LogP contribution is 2.33. The number of amides is 1. The van der Waals surface area contributed by atoms with E-state index >= 15 is 0 Å². The lowest BCUT2D eigenvalue weighted by atomic mass is 10.3. The number of nitrogens with zero attached hydrogens (tertiary/aromatic N) is 1. The number of methoxy groups -OCH3 is 1. The van der Waals surface area contributed by atoms with Crippen LogP contribution in [0, 0.1) is 0 Å². The zero-order valence-corrected chi connectivity index (χ0v) is 14.0. The molecule has 0 aliphatic heterocycles. The smallest absolute Gasteiger partial charge is 0.334 e. The standard InChI is InChI=1S/C12H11BrN2O4S2/c1-19-7(12(17)18)4-14-10(16)6-5-20-11(15-6)8-2-3-9(13)21-8/h2-3,5,7H,4H2,1H3,(H,14,16)(H,17,18). The van der Waals surface area contributed by atoms with E-state index in [2.05, 4.69) is 26.2 Å². The molecule has 112 valence electrons. The predicted octanol–water partition coefficient (Wildman–Crippen LogP) is 2.46. The molecular formula is C12H11BrN2O4S2. The molecule has 1 atom stereocenters. The first-order chi connectivity index (χ1) is 10.0. The summed E-state index contributed by atoms with van der Waals surface area (Å²) in [5, 5.41) is 13.7. The summed E-state index contributed by atoms with van der Waals surface area (Å²) in [5.41, 5.74) is 0.264. The van der Waals surface area contributed by atoms with E-state index in [-0.39, 0.29) is 12.2 Å². The lowest BCUT2D eigenvalue weighted by Gasteiger charge is -2.10. The van der Waals surface area contributed by atoms with Crippen LogP contribution in [0.4, 0.5) is 0 Å². The predicted molar refractivity (Wildman–Crippen MR) is 83.9 cm³/mol. The third-order valence-electron chi connectivity index (χ3n) is 2.53. The normalized spacial score (nSPS) is 12.1. The third kappa shape index (κ3) is 4.10. The fraction of sp³-hybridized carbons (Fsp3) is 0.250. The maximum atomic E-state index is 11.9. The van der Waals surface area contributed by atoms with E-state index in [9.17, 15) is 9.59 Å². The van der Waals surface area contributed by atoms with Crippen LogP contribution in [0.1, 0.15) is 10.5 Å². The average molecular weight is 391 g/mol. The van der Waals surface area contributed by atoms with Gasteiger partial charge < -0.3 is 15.2 Å². The Kier molecular flexibility index (Phi) is 5.45. The molecule has 0 aliphatic carbocycles. The van der Waals surface area contributed by atoms with Crippen molar-refractivity contribution < 1.29 is 19.4 Å². The summed E-state index contributed by atoms with van der Waals surface area (Å²) < 4.78 is 5.73. The van der Waals surface area contributed by atoms with Crippen LogP contribution in [0.15, 0.2) is 21.3 Å². The van der Waals surface area contributed by atoms with Crippen molar-refractivity contribution in [3.8, 4) is 9.88 Å². The largest absolute Gasteiger partial charge is 0.479 e. The SMILES string of the molecule is COC(CNC(=O)c1csc(-c2ccc(Br)s2)n1)C(=O)O. The van der Waals surface area contributed by atoms with E-state index in [4.69, 9.17) is 9.84 Å². The molecule has 2 N–H and O–H groups in total. The number of rotatable bonds is 6. The molecule has 0 aromatic carbocycles. The van der Waals surface area contributed by atoms with Gasteiger partial charge in [-0.2, -0.15) is 0 Å². The average Bonchev–Trinajstić information content (AvgIpc) is 3.07. The number of ether oxygens (including phenoxy) is 1. The van der Waals surface area contributed by atoms with Gasteiger partial charge in [0.1, 0.15) is 10.7 Å². The number of hydrogen-bond donors (Lipinski definition) is 2. The minimum atomic E-state index is -1.12. The minimum Gasteiger partial charge on any atom is -0.479 e. The van der Waals surface area contributed by atoms with Crippen LogP contribution in [0.3, 0.4) is 0 Å². The van der Waals surface area contributed by atoms with Crippen molar-refractivity contribution in [2.75, 3.05) is 13.7 Å². The number of aliphatic carboxylic acids is 1. The van der Waals surface area contributed by atoms with Crippen molar-refractivity contribution in [3.63, 3.8) is 0 Å². The first kappa shape index (κ1) is 16.1. The molecule has 6 nitrogen and oxygen atoms in total. The molecule has 2 aromatic rings. The first-order valence-corrected chi connectivity index (χ1v) is 8.25. The van der Waals surface area contributed by atoms with Gasteiger partial charge in [0.05, 0.1) is 15.2 Å². The number of halogens is 1. The van der Waals surface area contributed by atoms with Gasteiger partial charge >= 0.3 is 5.97 Å². The van der Waals surface area contributed by atoms with E-state index < -0.39 is 18.0 Å². The quantitative estimate of drug-likeness (QED) is 0.790. The molecule has 0 saturated heterocycles. The number of carboxylic acids is 1. The van der Waals surface area contributed by atoms with Crippen LogP contribution in [-0.4, -0.2) is 41.7 Å². The van der Waals surface area contributed by atoms with Gasteiger partial charge in [-0.3, -0.25) is 4.79 Å². The van der Waals surface area contributed by atoms with Gasteiger partial charge in [0.15, 0.2) is 6.10 Å². The second-order valence-corrected chi connectivity index (χ2v) is 7.24. The zero-order chi connectivity index (χ0) is 15.4. The molecule has 1 amide bonds. The molecule has 0 fully saturated rings. The van der Waals surface area contributed by atoms with E-state index in [0.717, 1.165) is 13.7 Å². The van der Waals surface area contributed by atoms with Gasteiger partial charge in [0.25, 0.3) is 5.91 Å². The fourth-order valence-corrected chi connectivity index (χ4v) is 3.73. The maximum Gasteiger partial charge on any atom is 0.334 e. The zero-order valence-electron chi connectivity index (χ0n) is 10.8. The summed E-state index contributed by atoms with van der Waals surface area (Å²) >= 11 is 6.26. The summed E-state index contributed by atoms with van der Waals surface area (Å²) in [5.74, 6) is -1.54. The number of hydrogen-bond acceptors (Lipinski definition) is 6. The topological polar surface area (TPSA) is 88.5 Å². The van der Waals surface area contributed by atoms with Crippen molar-refractivity contribution in [2.45, 2.75) is 6.10 Å². The Morgan fingerprint density at radius 1 is 1.52 bits per heavy atom. The highest BCUT2D eigenvalue weighted by Gasteiger charge is 2.19. The summed E-state index contributed by atoms with van der Waals surface area (Å²) in [6.07, 6.45) is -1.07. The van der Waals surface area contributed by atoms with Crippen molar-refractivity contribution in [1.82, 2.24) is 10.3 Å². The maximum absolute atomic E-state index is 11.9. The van der Waals surface area contributed by atoms with Crippen LogP contribution in [-0.2, 0) is 9.53 Å². The van der Waals surface area contributed by atoms with Crippen LogP contribution < -0.4 is 5.32 Å². The molecule has 2 heterocycles. The number of thiazole rings is 1. The summed E-state index contributed by atoms with van der Waals surface area (Å²) in [4.78, 5) is 27.9. The number of carboxylic acid groups (broad SMARTS) is 1. The van der Waals surface area contributed by atoms with Gasteiger partial charge in [-0.25, -0.2) is 9.78 Å². The van der Waals surface area contributed by atoms with E-state index in [0.29, 0.717) is 0 Å². The van der Waals surface area contributed by atoms with E-state index in [1.54, 1.807) is 5.38 Å². The lowest BCUT2D eigenvalue weighted by Crippen LogP contribution is -2.37. The number of carbonyl (C=O) groups excluding carboxylic acids is 1. The van der Waals surface area contributed by atoms with Gasteiger partial charge in [-0.05, 0) is 28.1 Å². The van der Waals surface area contributed by atoms with Crippen molar-refractivity contribution in [3.05, 3.63) is 27.0 Å².